The second-order valence-electron chi connectivity index (χ2n) is 5.52. The van der Waals surface area contributed by atoms with Gasteiger partial charge in [0.2, 0.25) is 0 Å². The zero-order valence-corrected chi connectivity index (χ0v) is 13.5. The minimum Gasteiger partial charge on any atom is -0.309 e. The lowest BCUT2D eigenvalue weighted by molar-refractivity contribution is 0.0706. The third kappa shape index (κ3) is 3.55. The molecule has 0 saturated heterocycles. The first-order valence-electron chi connectivity index (χ1n) is 7.19. The minimum atomic E-state index is -0.485. The topological polar surface area (TPSA) is 61.4 Å². The Morgan fingerprint density at radius 3 is 2.73 bits per heavy atom. The molecule has 2 aromatic carbocycles. The van der Waals surface area contributed by atoms with E-state index < -0.39 is 5.91 Å². The summed E-state index contributed by atoms with van der Waals surface area (Å²) in [6, 6.07) is 16.2. The lowest BCUT2D eigenvalue weighted by Gasteiger charge is -2.06. The highest BCUT2D eigenvalue weighted by Gasteiger charge is 2.37. The number of amides is 1. The monoisotopic (exact) mass is 360 g/mol. The number of rotatable bonds is 5. The molecule has 5 heteroatoms. The lowest BCUT2D eigenvalue weighted by Crippen LogP contribution is -2.20. The van der Waals surface area contributed by atoms with Crippen LogP contribution in [0.1, 0.15) is 33.8 Å². The average molecular weight is 361 g/mol. The van der Waals surface area contributed by atoms with Crippen molar-refractivity contribution in [1.82, 2.24) is 10.8 Å². The molecule has 1 amide bonds. The summed E-state index contributed by atoms with van der Waals surface area (Å²) in [5, 5.41) is 12.2. The Bertz CT molecular complexity index is 673. The van der Waals surface area contributed by atoms with Crippen molar-refractivity contribution in [2.75, 3.05) is 0 Å². The van der Waals surface area contributed by atoms with Gasteiger partial charge in [0.1, 0.15) is 0 Å². The molecule has 1 aliphatic rings. The van der Waals surface area contributed by atoms with E-state index in [9.17, 15) is 4.79 Å². The summed E-state index contributed by atoms with van der Waals surface area (Å²) < 4.78 is 1.10. The van der Waals surface area contributed by atoms with Crippen LogP contribution in [0.2, 0.25) is 0 Å². The Hall–Kier alpha value is -1.69. The maximum absolute atomic E-state index is 11.4. The molecule has 2 unspecified atom stereocenters. The molecule has 2 atom stereocenters. The van der Waals surface area contributed by atoms with Crippen LogP contribution in [-0.4, -0.2) is 17.2 Å². The molecule has 1 aliphatic carbocycles. The first-order valence-corrected chi connectivity index (χ1v) is 7.99. The van der Waals surface area contributed by atoms with E-state index in [0.29, 0.717) is 24.1 Å². The van der Waals surface area contributed by atoms with Crippen molar-refractivity contribution in [2.24, 2.45) is 0 Å². The zero-order valence-electron chi connectivity index (χ0n) is 11.9. The van der Waals surface area contributed by atoms with Crippen LogP contribution in [0.4, 0.5) is 0 Å². The number of hydrogen-bond donors (Lipinski definition) is 3. The highest BCUT2D eigenvalue weighted by Crippen LogP contribution is 2.41. The molecule has 3 N–H and O–H groups in total. The fourth-order valence-electron chi connectivity index (χ4n) is 2.63. The van der Waals surface area contributed by atoms with Gasteiger partial charge in [-0.15, -0.1) is 0 Å². The lowest BCUT2D eigenvalue weighted by atomic mass is 10.1. The molecule has 1 fully saturated rings. The first-order chi connectivity index (χ1) is 10.7. The fraction of sp³-hybridized carbons (Fsp3) is 0.235. The Morgan fingerprint density at radius 2 is 2.00 bits per heavy atom. The molecule has 3 rings (SSSR count). The number of nitrogens with one attached hydrogen (secondary N) is 2. The van der Waals surface area contributed by atoms with Crippen molar-refractivity contribution in [3.63, 3.8) is 0 Å². The SMILES string of the molecule is O=C(NO)c1cccc(CNC2CC2c2ccc(Br)cc2)c1. The van der Waals surface area contributed by atoms with Crippen molar-refractivity contribution < 1.29 is 10.0 Å². The molecule has 0 aromatic heterocycles. The van der Waals surface area contributed by atoms with Crippen molar-refractivity contribution in [3.8, 4) is 0 Å². The Kier molecular flexibility index (Phi) is 4.57. The van der Waals surface area contributed by atoms with Gasteiger partial charge in [-0.25, -0.2) is 5.48 Å². The van der Waals surface area contributed by atoms with Gasteiger partial charge in [-0.2, -0.15) is 0 Å². The van der Waals surface area contributed by atoms with Crippen molar-refractivity contribution in [2.45, 2.75) is 24.9 Å². The zero-order chi connectivity index (χ0) is 15.5. The van der Waals surface area contributed by atoms with E-state index in [1.807, 2.05) is 12.1 Å². The van der Waals surface area contributed by atoms with Gasteiger partial charge in [0.15, 0.2) is 0 Å². The number of carbonyl (C=O) groups excluding carboxylic acids is 1. The third-order valence-corrected chi connectivity index (χ3v) is 4.48. The first kappa shape index (κ1) is 15.2. The Labute approximate surface area is 137 Å². The number of benzene rings is 2. The summed E-state index contributed by atoms with van der Waals surface area (Å²) in [5.74, 6) is 0.0815. The molecule has 0 heterocycles. The molecule has 114 valence electrons. The predicted octanol–water partition coefficient (Wildman–Crippen LogP) is 3.21. The van der Waals surface area contributed by atoms with E-state index in [-0.39, 0.29) is 0 Å². The molecular weight excluding hydrogens is 344 g/mol. The minimum absolute atomic E-state index is 0.460. The van der Waals surface area contributed by atoms with E-state index in [4.69, 9.17) is 5.21 Å². The fourth-order valence-corrected chi connectivity index (χ4v) is 2.90. The van der Waals surface area contributed by atoms with E-state index in [1.54, 1.807) is 17.6 Å². The molecule has 2 aromatic rings. The quantitative estimate of drug-likeness (QED) is 0.566. The van der Waals surface area contributed by atoms with Gasteiger partial charge in [0, 0.05) is 28.5 Å². The molecule has 0 aliphatic heterocycles. The summed E-state index contributed by atoms with van der Waals surface area (Å²) in [6.07, 6.45) is 1.14. The molecule has 22 heavy (non-hydrogen) atoms. The van der Waals surface area contributed by atoms with Crippen molar-refractivity contribution >= 4 is 21.8 Å². The summed E-state index contributed by atoms with van der Waals surface area (Å²) in [5.41, 5.74) is 4.50. The smallest absolute Gasteiger partial charge is 0.274 e. The number of hydrogen-bond acceptors (Lipinski definition) is 3. The molecule has 0 radical (unpaired) electrons. The van der Waals surface area contributed by atoms with Crippen molar-refractivity contribution in [3.05, 3.63) is 69.7 Å². The van der Waals surface area contributed by atoms with Crippen LogP contribution in [0.3, 0.4) is 0 Å². The maximum atomic E-state index is 11.4. The van der Waals surface area contributed by atoms with Crippen LogP contribution in [0, 0.1) is 0 Å². The normalized spacial score (nSPS) is 19.7. The van der Waals surface area contributed by atoms with E-state index in [2.05, 4.69) is 45.5 Å². The third-order valence-electron chi connectivity index (χ3n) is 3.95. The van der Waals surface area contributed by atoms with Crippen LogP contribution in [0.15, 0.2) is 53.0 Å². The number of carbonyl (C=O) groups is 1. The summed E-state index contributed by atoms with van der Waals surface area (Å²) in [7, 11) is 0. The molecule has 0 spiro atoms. The van der Waals surface area contributed by atoms with Crippen LogP contribution in [0.5, 0.6) is 0 Å². The van der Waals surface area contributed by atoms with E-state index >= 15 is 0 Å². The van der Waals surface area contributed by atoms with E-state index in [0.717, 1.165) is 16.5 Å². The molecule has 1 saturated carbocycles. The molecular formula is C17H17BrN2O2. The van der Waals surface area contributed by atoms with Crippen LogP contribution < -0.4 is 10.8 Å². The number of hydroxylamine groups is 1. The Morgan fingerprint density at radius 1 is 1.23 bits per heavy atom. The summed E-state index contributed by atoms with van der Waals surface area (Å²) in [6.45, 7) is 0.713. The highest BCUT2D eigenvalue weighted by molar-refractivity contribution is 9.10. The van der Waals surface area contributed by atoms with Gasteiger partial charge in [0.05, 0.1) is 0 Å². The summed E-state index contributed by atoms with van der Waals surface area (Å²) >= 11 is 3.45. The summed E-state index contributed by atoms with van der Waals surface area (Å²) in [4.78, 5) is 11.4. The largest absolute Gasteiger partial charge is 0.309 e. The van der Waals surface area contributed by atoms with Gasteiger partial charge >= 0.3 is 0 Å². The van der Waals surface area contributed by atoms with E-state index in [1.165, 1.54) is 5.56 Å². The predicted molar refractivity (Wildman–Crippen MR) is 87.8 cm³/mol. The van der Waals surface area contributed by atoms with Crippen LogP contribution >= 0.6 is 15.9 Å². The van der Waals surface area contributed by atoms with Crippen LogP contribution in [0.25, 0.3) is 0 Å². The van der Waals surface area contributed by atoms with Gasteiger partial charge < -0.3 is 5.32 Å². The average Bonchev–Trinajstić information content (AvgIpc) is 3.33. The van der Waals surface area contributed by atoms with Gasteiger partial charge in [-0.05, 0) is 41.8 Å². The standard InChI is InChI=1S/C17H17BrN2O2/c18-14-6-4-12(5-7-14)15-9-16(15)19-10-11-2-1-3-13(8-11)17(21)20-22/h1-8,15-16,19,22H,9-10H2,(H,20,21). The van der Waals surface area contributed by atoms with Crippen molar-refractivity contribution in [1.29, 1.82) is 0 Å². The maximum Gasteiger partial charge on any atom is 0.274 e. The number of halogens is 1. The van der Waals surface area contributed by atoms with Gasteiger partial charge in [-0.1, -0.05) is 40.2 Å². The van der Waals surface area contributed by atoms with Crippen LogP contribution in [-0.2, 0) is 6.54 Å². The Balaban J connectivity index is 1.56. The molecule has 0 bridgehead atoms. The van der Waals surface area contributed by atoms with Gasteiger partial charge in [-0.3, -0.25) is 10.0 Å². The van der Waals surface area contributed by atoms with Gasteiger partial charge in [0.25, 0.3) is 5.91 Å². The second kappa shape index (κ2) is 6.60. The highest BCUT2D eigenvalue weighted by atomic mass is 79.9. The molecule has 4 nitrogen and oxygen atoms in total. The second-order valence-corrected chi connectivity index (χ2v) is 6.44.